The fraction of sp³-hybridized carbons (Fsp3) is 0.765. The van der Waals surface area contributed by atoms with Crippen LogP contribution in [0.1, 0.15) is 77.6 Å². The van der Waals surface area contributed by atoms with E-state index in [-0.39, 0.29) is 0 Å². The van der Waals surface area contributed by atoms with Gasteiger partial charge in [0.2, 0.25) is 0 Å². The molecule has 0 radical (unpaired) electrons. The Morgan fingerprint density at radius 3 is 1.72 bits per heavy atom. The Bertz CT molecular complexity index is 194. The van der Waals surface area contributed by atoms with Crippen LogP contribution in [0.3, 0.4) is 0 Å². The molecule has 0 aliphatic carbocycles. The Morgan fingerprint density at radius 1 is 0.667 bits per heavy atom. The lowest BCUT2D eigenvalue weighted by molar-refractivity contribution is 0.594. The highest BCUT2D eigenvalue weighted by Gasteiger charge is 1.90. The highest BCUT2D eigenvalue weighted by Crippen LogP contribution is 2.09. The molecule has 0 fully saturated rings. The average Bonchev–Trinajstić information content (AvgIpc) is 2.39. The van der Waals surface area contributed by atoms with Crippen LogP contribution in [0.25, 0.3) is 0 Å². The monoisotopic (exact) mass is 362 g/mol. The lowest BCUT2D eigenvalue weighted by Crippen LogP contribution is -1.80. The number of alkyl halides is 1. The van der Waals surface area contributed by atoms with Gasteiger partial charge in [-0.2, -0.15) is 0 Å². The van der Waals surface area contributed by atoms with Crippen molar-refractivity contribution in [1.82, 2.24) is 0 Å². The van der Waals surface area contributed by atoms with E-state index < -0.39 is 0 Å². The minimum absolute atomic E-state index is 1.23. The van der Waals surface area contributed by atoms with Gasteiger partial charge in [-0.25, -0.2) is 0 Å². The highest BCUT2D eigenvalue weighted by molar-refractivity contribution is 14.1. The van der Waals surface area contributed by atoms with E-state index >= 15 is 0 Å². The van der Waals surface area contributed by atoms with Crippen LogP contribution in [0.5, 0.6) is 0 Å². The zero-order valence-corrected chi connectivity index (χ0v) is 14.3. The van der Waals surface area contributed by atoms with Gasteiger partial charge in [0.15, 0.2) is 0 Å². The van der Waals surface area contributed by atoms with Crippen molar-refractivity contribution >= 4 is 22.6 Å². The largest absolute Gasteiger partial charge is 0.0864 e. The Hall–Kier alpha value is 0.210. The molecule has 0 atom stereocenters. The molecule has 0 heterocycles. The normalized spacial score (nSPS) is 11.9. The van der Waals surface area contributed by atoms with Gasteiger partial charge in [0, 0.05) is 0 Å². The van der Waals surface area contributed by atoms with E-state index in [0.717, 1.165) is 0 Å². The summed E-state index contributed by atoms with van der Waals surface area (Å²) < 4.78 is 1.33. The minimum atomic E-state index is 1.23. The molecule has 1 heteroatoms. The van der Waals surface area contributed by atoms with Crippen molar-refractivity contribution in [3.8, 4) is 0 Å². The van der Waals surface area contributed by atoms with Crippen LogP contribution < -0.4 is 0 Å². The van der Waals surface area contributed by atoms with Crippen LogP contribution >= 0.6 is 22.6 Å². The number of unbranched alkanes of at least 4 members (excludes halogenated alkanes) is 9. The maximum Gasteiger partial charge on any atom is -0.000473 e. The van der Waals surface area contributed by atoms with Gasteiger partial charge in [-0.3, -0.25) is 0 Å². The molecule has 0 saturated heterocycles. The molecule has 0 bridgehead atoms. The molecule has 0 aromatic carbocycles. The van der Waals surface area contributed by atoms with Crippen molar-refractivity contribution in [2.24, 2.45) is 0 Å². The Labute approximate surface area is 128 Å². The summed E-state index contributed by atoms with van der Waals surface area (Å²) in [6.45, 7) is 2.24. The first-order valence-electron chi connectivity index (χ1n) is 7.79. The molecule has 0 unspecified atom stereocenters. The van der Waals surface area contributed by atoms with Crippen molar-refractivity contribution in [3.63, 3.8) is 0 Å². The van der Waals surface area contributed by atoms with Gasteiger partial charge in [-0.1, -0.05) is 98.8 Å². The summed E-state index contributed by atoms with van der Waals surface area (Å²) in [5, 5.41) is 0. The molecule has 0 N–H and O–H groups in total. The van der Waals surface area contributed by atoms with Gasteiger partial charge in [0.1, 0.15) is 0 Å². The number of halogens is 1. The quantitative estimate of drug-likeness (QED) is 0.146. The molecular formula is C17H31I. The summed E-state index contributed by atoms with van der Waals surface area (Å²) in [7, 11) is 0. The van der Waals surface area contributed by atoms with Crippen molar-refractivity contribution < 1.29 is 0 Å². The second-order valence-corrected chi connectivity index (χ2v) is 6.03. The number of hydrogen-bond donors (Lipinski definition) is 0. The van der Waals surface area contributed by atoms with Crippen molar-refractivity contribution in [3.05, 3.63) is 24.3 Å². The van der Waals surface area contributed by atoms with Crippen LogP contribution in [0.4, 0.5) is 0 Å². The molecule has 0 rings (SSSR count). The van der Waals surface area contributed by atoms with E-state index in [1.807, 2.05) is 0 Å². The molecule has 106 valence electrons. The summed E-state index contributed by atoms with van der Waals surface area (Å²) >= 11 is 2.47. The number of allylic oxidation sites excluding steroid dienone is 4. The summed E-state index contributed by atoms with van der Waals surface area (Å²) in [6.07, 6.45) is 24.1. The predicted octanol–water partition coefficient (Wildman–Crippen LogP) is 6.84. The van der Waals surface area contributed by atoms with Gasteiger partial charge in [-0.05, 0) is 30.1 Å². The van der Waals surface area contributed by atoms with Gasteiger partial charge in [0.25, 0.3) is 0 Å². The van der Waals surface area contributed by atoms with Crippen molar-refractivity contribution in [2.75, 3.05) is 4.43 Å². The first-order valence-corrected chi connectivity index (χ1v) is 9.32. The zero-order valence-electron chi connectivity index (χ0n) is 12.2. The summed E-state index contributed by atoms with van der Waals surface area (Å²) in [4.78, 5) is 0. The van der Waals surface area contributed by atoms with E-state index in [4.69, 9.17) is 0 Å². The molecular weight excluding hydrogens is 331 g/mol. The molecule has 18 heavy (non-hydrogen) atoms. The minimum Gasteiger partial charge on any atom is -0.0864 e. The van der Waals surface area contributed by atoms with Crippen molar-refractivity contribution in [1.29, 1.82) is 0 Å². The maximum absolute atomic E-state index is 2.47. The zero-order chi connectivity index (χ0) is 13.3. The third-order valence-corrected chi connectivity index (χ3v) is 3.87. The standard InChI is InChI=1S/C17H31I/c1-2-3-4-5-6-7-8-9-10-11-12-13-14-15-16-17-18/h5-8H,2-4,9-17H2,1H3/b6-5-,8-7+. The van der Waals surface area contributed by atoms with Gasteiger partial charge < -0.3 is 0 Å². The predicted molar refractivity (Wildman–Crippen MR) is 93.6 cm³/mol. The average molecular weight is 362 g/mol. The van der Waals surface area contributed by atoms with Crippen LogP contribution in [0.15, 0.2) is 24.3 Å². The lowest BCUT2D eigenvalue weighted by Gasteiger charge is -1.99. The van der Waals surface area contributed by atoms with Crippen LogP contribution in [-0.4, -0.2) is 4.43 Å². The van der Waals surface area contributed by atoms with Crippen LogP contribution in [0.2, 0.25) is 0 Å². The van der Waals surface area contributed by atoms with E-state index in [1.54, 1.807) is 0 Å². The van der Waals surface area contributed by atoms with E-state index in [0.29, 0.717) is 0 Å². The fourth-order valence-corrected chi connectivity index (χ4v) is 2.45. The van der Waals surface area contributed by atoms with E-state index in [1.165, 1.54) is 75.1 Å². The van der Waals surface area contributed by atoms with Crippen LogP contribution in [0, 0.1) is 0 Å². The molecule has 0 nitrogen and oxygen atoms in total. The Balaban J connectivity index is 3.10. The molecule has 0 aliphatic rings. The molecule has 0 amide bonds. The SMILES string of the molecule is CCCC/C=C\C=C\CCCCCCCCCI. The second-order valence-electron chi connectivity index (χ2n) is 4.95. The molecule has 0 aliphatic heterocycles. The molecule has 0 aromatic heterocycles. The summed E-state index contributed by atoms with van der Waals surface area (Å²) in [5.74, 6) is 0. The molecule has 0 aromatic rings. The van der Waals surface area contributed by atoms with Gasteiger partial charge in [-0.15, -0.1) is 0 Å². The Morgan fingerprint density at radius 2 is 1.17 bits per heavy atom. The summed E-state index contributed by atoms with van der Waals surface area (Å²) in [6, 6.07) is 0. The maximum atomic E-state index is 2.47. The van der Waals surface area contributed by atoms with E-state index in [2.05, 4.69) is 53.8 Å². The van der Waals surface area contributed by atoms with Crippen LogP contribution in [-0.2, 0) is 0 Å². The lowest BCUT2D eigenvalue weighted by atomic mass is 10.1. The number of hydrogen-bond acceptors (Lipinski definition) is 0. The third kappa shape index (κ3) is 16.2. The molecule has 0 spiro atoms. The summed E-state index contributed by atoms with van der Waals surface area (Å²) in [5.41, 5.74) is 0. The third-order valence-electron chi connectivity index (χ3n) is 3.11. The van der Waals surface area contributed by atoms with E-state index in [9.17, 15) is 0 Å². The highest BCUT2D eigenvalue weighted by atomic mass is 127. The second kappa shape index (κ2) is 17.2. The first-order chi connectivity index (χ1) is 8.91. The molecule has 0 saturated carbocycles. The van der Waals surface area contributed by atoms with Gasteiger partial charge >= 0.3 is 0 Å². The Kier molecular flexibility index (Phi) is 17.4. The van der Waals surface area contributed by atoms with Crippen molar-refractivity contribution in [2.45, 2.75) is 77.6 Å². The fourth-order valence-electron chi connectivity index (χ4n) is 1.91. The van der Waals surface area contributed by atoms with Gasteiger partial charge in [0.05, 0.1) is 0 Å². The number of rotatable bonds is 13. The smallest absolute Gasteiger partial charge is 0.000473 e. The first kappa shape index (κ1) is 18.2. The topological polar surface area (TPSA) is 0 Å².